The molecule has 9 heteroatoms. The minimum absolute atomic E-state index is 0.0651. The van der Waals surface area contributed by atoms with Crippen molar-refractivity contribution < 1.29 is 14.1 Å². The summed E-state index contributed by atoms with van der Waals surface area (Å²) in [7, 11) is 0.177. The third-order valence-electron chi connectivity index (χ3n) is 4.92. The summed E-state index contributed by atoms with van der Waals surface area (Å²) in [6.45, 7) is 13.5. The van der Waals surface area contributed by atoms with Crippen LogP contribution < -0.4 is 9.64 Å². The van der Waals surface area contributed by atoms with E-state index in [0.29, 0.717) is 12.5 Å². The Bertz CT molecular complexity index is 562. The molecule has 0 spiro atoms. The van der Waals surface area contributed by atoms with E-state index < -0.39 is 0 Å². The highest BCUT2D eigenvalue weighted by Crippen LogP contribution is 2.29. The number of rotatable bonds is 7. The molecule has 2 aliphatic heterocycles. The molecule has 3 heterocycles. The fourth-order valence-electron chi connectivity index (χ4n) is 3.48. The van der Waals surface area contributed by atoms with Gasteiger partial charge in [0.2, 0.25) is 5.82 Å². The lowest BCUT2D eigenvalue weighted by Crippen LogP contribution is -2.47. The van der Waals surface area contributed by atoms with Crippen molar-refractivity contribution in [2.75, 3.05) is 44.4 Å². The molecule has 0 amide bonds. The smallest absolute Gasteiger partial charge is 0.383 e. The van der Waals surface area contributed by atoms with Crippen molar-refractivity contribution in [1.82, 2.24) is 13.6 Å². The van der Waals surface area contributed by atoms with Crippen LogP contribution in [0.15, 0.2) is 0 Å². The van der Waals surface area contributed by atoms with Crippen LogP contribution in [0.1, 0.15) is 40.5 Å². The molecule has 7 nitrogen and oxygen atoms in total. The monoisotopic (exact) mass is 382 g/mol. The Balaban J connectivity index is 1.57. The minimum atomic E-state index is 0.0651. The summed E-state index contributed by atoms with van der Waals surface area (Å²) in [5.74, 6) is 1.46. The Morgan fingerprint density at radius 2 is 2.04 bits per heavy atom. The number of morpholine rings is 1. The van der Waals surface area contributed by atoms with E-state index in [1.807, 2.05) is 0 Å². The molecule has 0 bridgehead atoms. The van der Waals surface area contributed by atoms with Gasteiger partial charge >= 0.3 is 7.05 Å². The Morgan fingerprint density at radius 3 is 2.73 bits per heavy atom. The van der Waals surface area contributed by atoms with Gasteiger partial charge in [0, 0.05) is 25.2 Å². The van der Waals surface area contributed by atoms with Crippen molar-refractivity contribution in [2.24, 2.45) is 0 Å². The molecular formula is C17H31BN4O3S. The highest BCUT2D eigenvalue weighted by molar-refractivity contribution is 6.99. The summed E-state index contributed by atoms with van der Waals surface area (Å²) in [6.07, 6.45) is 3.51. The van der Waals surface area contributed by atoms with Gasteiger partial charge in [-0.25, -0.2) is 0 Å². The van der Waals surface area contributed by atoms with E-state index in [0.717, 1.165) is 45.0 Å². The van der Waals surface area contributed by atoms with Crippen molar-refractivity contribution in [3.63, 3.8) is 0 Å². The van der Waals surface area contributed by atoms with E-state index in [9.17, 15) is 0 Å². The van der Waals surface area contributed by atoms with Crippen LogP contribution in [0, 0.1) is 0 Å². The molecule has 146 valence electrons. The zero-order valence-electron chi connectivity index (χ0n) is 16.4. The quantitative estimate of drug-likeness (QED) is 0.672. The second-order valence-corrected chi connectivity index (χ2v) is 8.51. The number of hydrogen-bond donors (Lipinski definition) is 0. The van der Waals surface area contributed by atoms with Gasteiger partial charge in [0.1, 0.15) is 6.61 Å². The summed E-state index contributed by atoms with van der Waals surface area (Å²) < 4.78 is 26.5. The summed E-state index contributed by atoms with van der Waals surface area (Å²) in [6, 6.07) is 0. The molecule has 0 aliphatic carbocycles. The molecule has 1 atom stereocenters. The summed E-state index contributed by atoms with van der Waals surface area (Å²) in [5, 5.41) is 0. The zero-order valence-corrected chi connectivity index (χ0v) is 17.3. The lowest BCUT2D eigenvalue weighted by Gasteiger charge is -2.34. The van der Waals surface area contributed by atoms with Gasteiger partial charge in [0.25, 0.3) is 5.88 Å². The molecule has 1 unspecified atom stereocenters. The van der Waals surface area contributed by atoms with E-state index in [1.54, 1.807) is 0 Å². The van der Waals surface area contributed by atoms with E-state index >= 15 is 0 Å². The van der Waals surface area contributed by atoms with Crippen LogP contribution in [0.5, 0.6) is 5.88 Å². The van der Waals surface area contributed by atoms with E-state index in [4.69, 9.17) is 14.1 Å². The molecule has 2 aliphatic rings. The average molecular weight is 382 g/mol. The van der Waals surface area contributed by atoms with Gasteiger partial charge in [-0.3, -0.25) is 0 Å². The largest absolute Gasteiger partial charge is 0.472 e. The maximum Gasteiger partial charge on any atom is 0.383 e. The minimum Gasteiger partial charge on any atom is -0.472 e. The lowest BCUT2D eigenvalue weighted by atomic mass is 9.72. The van der Waals surface area contributed by atoms with E-state index in [1.165, 1.54) is 24.6 Å². The van der Waals surface area contributed by atoms with Crippen molar-refractivity contribution in [3.8, 4) is 5.88 Å². The van der Waals surface area contributed by atoms with Gasteiger partial charge in [-0.2, -0.15) is 4.37 Å². The maximum atomic E-state index is 6.31. The Kier molecular flexibility index (Phi) is 6.77. The van der Waals surface area contributed by atoms with Crippen molar-refractivity contribution in [1.29, 1.82) is 0 Å². The molecule has 0 N–H and O–H groups in total. The molecular weight excluding hydrogens is 351 g/mol. The molecule has 26 heavy (non-hydrogen) atoms. The fraction of sp³-hybridized carbons (Fsp3) is 0.882. The van der Waals surface area contributed by atoms with Crippen LogP contribution in [0.4, 0.5) is 5.82 Å². The lowest BCUT2D eigenvalue weighted by molar-refractivity contribution is 0.121. The number of aromatic nitrogens is 2. The van der Waals surface area contributed by atoms with Crippen LogP contribution in [-0.2, 0) is 9.39 Å². The third kappa shape index (κ3) is 4.88. The zero-order chi connectivity index (χ0) is 18.6. The van der Waals surface area contributed by atoms with Crippen LogP contribution >= 0.6 is 11.7 Å². The Hall–Kier alpha value is -0.895. The second kappa shape index (κ2) is 8.86. The predicted octanol–water partition coefficient (Wildman–Crippen LogP) is 2.54. The molecule has 1 aromatic heterocycles. The van der Waals surface area contributed by atoms with Crippen LogP contribution in [0.2, 0.25) is 6.32 Å². The van der Waals surface area contributed by atoms with Gasteiger partial charge in [-0.1, -0.05) is 19.8 Å². The molecule has 0 radical (unpaired) electrons. The topological polar surface area (TPSA) is 60.0 Å². The number of ether oxygens (including phenoxy) is 2. The molecule has 0 aromatic carbocycles. The van der Waals surface area contributed by atoms with Gasteiger partial charge in [0.05, 0.1) is 31.0 Å². The molecule has 0 saturated carbocycles. The molecule has 1 aromatic rings. The third-order valence-corrected chi connectivity index (χ3v) is 5.42. The summed E-state index contributed by atoms with van der Waals surface area (Å²) in [4.78, 5) is 4.64. The van der Waals surface area contributed by atoms with Crippen LogP contribution in [0.3, 0.4) is 0 Å². The molecule has 2 saturated heterocycles. The van der Waals surface area contributed by atoms with Gasteiger partial charge in [-0.15, -0.1) is 4.37 Å². The standard InChI is InChI=1S/C17H31BN4O3S/c1-5-6-7-18-22(17(2,3)4)12-14(25-18)13-24-16-15(19-26-20-16)21-8-10-23-11-9-21/h14H,5-13H2,1-4H3. The van der Waals surface area contributed by atoms with Crippen LogP contribution in [0.25, 0.3) is 0 Å². The first-order chi connectivity index (χ1) is 12.5. The molecule has 2 fully saturated rings. The SMILES string of the molecule is CCCCB1OC(COc2nsnc2N2CCOCC2)CN1C(C)(C)C. The first-order valence-corrected chi connectivity index (χ1v) is 10.4. The first-order valence-electron chi connectivity index (χ1n) is 9.69. The second-order valence-electron chi connectivity index (χ2n) is 7.98. The highest BCUT2D eigenvalue weighted by atomic mass is 32.1. The van der Waals surface area contributed by atoms with Gasteiger partial charge in [-0.05, 0) is 27.1 Å². The van der Waals surface area contributed by atoms with Crippen molar-refractivity contribution >= 4 is 24.6 Å². The van der Waals surface area contributed by atoms with Crippen molar-refractivity contribution in [3.05, 3.63) is 0 Å². The van der Waals surface area contributed by atoms with E-state index in [2.05, 4.69) is 46.2 Å². The van der Waals surface area contributed by atoms with E-state index in [-0.39, 0.29) is 18.7 Å². The van der Waals surface area contributed by atoms with Crippen molar-refractivity contribution in [2.45, 2.75) is 58.5 Å². The van der Waals surface area contributed by atoms with Gasteiger partial charge in [0.15, 0.2) is 0 Å². The van der Waals surface area contributed by atoms with Crippen LogP contribution in [-0.4, -0.2) is 71.7 Å². The number of nitrogens with zero attached hydrogens (tertiary/aromatic N) is 4. The highest BCUT2D eigenvalue weighted by Gasteiger charge is 2.42. The molecule has 3 rings (SSSR count). The predicted molar refractivity (Wildman–Crippen MR) is 105 cm³/mol. The maximum absolute atomic E-state index is 6.31. The Morgan fingerprint density at radius 1 is 1.27 bits per heavy atom. The number of hydrogen-bond acceptors (Lipinski definition) is 8. The first kappa shape index (κ1) is 19.9. The van der Waals surface area contributed by atoms with Gasteiger partial charge < -0.3 is 23.8 Å². The number of unbranched alkanes of at least 4 members (excludes halogenated alkanes) is 1. The average Bonchev–Trinajstić information content (AvgIpc) is 3.25. The number of anilines is 1. The summed E-state index contributed by atoms with van der Waals surface area (Å²) >= 11 is 1.20. The normalized spacial score (nSPS) is 22.2. The summed E-state index contributed by atoms with van der Waals surface area (Å²) in [5.41, 5.74) is 0.0916. The Labute approximate surface area is 161 Å². The fourth-order valence-corrected chi connectivity index (χ4v) is 4.00.